The number of benzene rings is 1. The van der Waals surface area contributed by atoms with Crippen LogP contribution in [0.4, 0.5) is 0 Å². The third-order valence-corrected chi connectivity index (χ3v) is 4.36. The molecule has 1 nitrogen and oxygen atoms in total. The van der Waals surface area contributed by atoms with Gasteiger partial charge in [-0.3, -0.25) is 0 Å². The van der Waals surface area contributed by atoms with Crippen LogP contribution in [0.25, 0.3) is 0 Å². The molecule has 0 amide bonds. The maximum absolute atomic E-state index is 3.67. The summed E-state index contributed by atoms with van der Waals surface area (Å²) in [4.78, 5) is 0. The van der Waals surface area contributed by atoms with Crippen LogP contribution in [0.15, 0.2) is 41.1 Å². The molecular formula is C19H27NS. The van der Waals surface area contributed by atoms with Crippen molar-refractivity contribution in [3.63, 3.8) is 0 Å². The minimum absolute atomic E-state index is 0.180. The van der Waals surface area contributed by atoms with Gasteiger partial charge in [0.15, 0.2) is 0 Å². The van der Waals surface area contributed by atoms with Crippen molar-refractivity contribution in [3.8, 4) is 0 Å². The molecular weight excluding hydrogens is 274 g/mol. The van der Waals surface area contributed by atoms with E-state index >= 15 is 0 Å². The highest BCUT2D eigenvalue weighted by Crippen LogP contribution is 2.18. The molecule has 1 aromatic heterocycles. The van der Waals surface area contributed by atoms with Crippen molar-refractivity contribution < 1.29 is 0 Å². The number of hydrogen-bond donors (Lipinski definition) is 1. The van der Waals surface area contributed by atoms with Crippen LogP contribution in [-0.2, 0) is 12.8 Å². The Labute approximate surface area is 133 Å². The molecule has 114 valence electrons. The summed E-state index contributed by atoms with van der Waals surface area (Å²) >= 11 is 1.79. The highest BCUT2D eigenvalue weighted by molar-refractivity contribution is 7.07. The molecule has 0 radical (unpaired) electrons. The van der Waals surface area contributed by atoms with Crippen LogP contribution in [0.3, 0.4) is 0 Å². The van der Waals surface area contributed by atoms with Gasteiger partial charge in [-0.25, -0.2) is 0 Å². The molecule has 21 heavy (non-hydrogen) atoms. The fourth-order valence-electron chi connectivity index (χ4n) is 2.58. The molecule has 0 aliphatic rings. The molecule has 0 fully saturated rings. The molecule has 0 aliphatic heterocycles. The zero-order valence-electron chi connectivity index (χ0n) is 13.6. The second kappa shape index (κ2) is 7.24. The first kappa shape index (κ1) is 16.3. The van der Waals surface area contributed by atoms with Crippen molar-refractivity contribution in [2.24, 2.45) is 5.92 Å². The predicted molar refractivity (Wildman–Crippen MR) is 94.2 cm³/mol. The lowest BCUT2D eigenvalue weighted by molar-refractivity contribution is 0.367. The van der Waals surface area contributed by atoms with Crippen LogP contribution in [0.5, 0.6) is 0 Å². The number of thiophene rings is 1. The van der Waals surface area contributed by atoms with E-state index in [1.165, 1.54) is 16.7 Å². The molecule has 2 aromatic rings. The van der Waals surface area contributed by atoms with Gasteiger partial charge >= 0.3 is 0 Å². The Hall–Kier alpha value is -1.12. The van der Waals surface area contributed by atoms with Crippen LogP contribution in [0.1, 0.15) is 37.5 Å². The number of rotatable bonds is 6. The Balaban J connectivity index is 2.03. The van der Waals surface area contributed by atoms with E-state index in [4.69, 9.17) is 0 Å². The quantitative estimate of drug-likeness (QED) is 0.804. The summed E-state index contributed by atoms with van der Waals surface area (Å²) in [5, 5.41) is 8.13. The first-order valence-electron chi connectivity index (χ1n) is 7.74. The number of aryl methyl sites for hydroxylation is 1. The van der Waals surface area contributed by atoms with Crippen LogP contribution < -0.4 is 5.32 Å². The topological polar surface area (TPSA) is 12.0 Å². The van der Waals surface area contributed by atoms with Gasteiger partial charge in [-0.1, -0.05) is 29.8 Å². The lowest BCUT2D eigenvalue weighted by Gasteiger charge is -2.25. The third-order valence-electron chi connectivity index (χ3n) is 3.63. The molecule has 0 saturated heterocycles. The lowest BCUT2D eigenvalue weighted by atomic mass is 9.92. The molecule has 0 bridgehead atoms. The monoisotopic (exact) mass is 301 g/mol. The van der Waals surface area contributed by atoms with E-state index in [9.17, 15) is 0 Å². The SMILES string of the molecule is Cc1cccc(CC(CNC(C)(C)C)Cc2ccsc2)c1. The van der Waals surface area contributed by atoms with E-state index in [1.807, 2.05) is 0 Å². The van der Waals surface area contributed by atoms with Crippen LogP contribution in [0, 0.1) is 12.8 Å². The van der Waals surface area contributed by atoms with Gasteiger partial charge in [-0.05, 0) is 81.0 Å². The van der Waals surface area contributed by atoms with Crippen molar-refractivity contribution in [1.29, 1.82) is 0 Å². The van der Waals surface area contributed by atoms with Crippen molar-refractivity contribution in [1.82, 2.24) is 5.32 Å². The van der Waals surface area contributed by atoms with Crippen LogP contribution in [0.2, 0.25) is 0 Å². The molecule has 0 aliphatic carbocycles. The first-order chi connectivity index (χ1) is 9.92. The van der Waals surface area contributed by atoms with Gasteiger partial charge in [-0.15, -0.1) is 0 Å². The van der Waals surface area contributed by atoms with Crippen molar-refractivity contribution in [3.05, 3.63) is 57.8 Å². The highest BCUT2D eigenvalue weighted by Gasteiger charge is 2.15. The zero-order valence-corrected chi connectivity index (χ0v) is 14.5. The van der Waals surface area contributed by atoms with Crippen molar-refractivity contribution in [2.75, 3.05) is 6.54 Å². The second-order valence-corrected chi connectivity index (χ2v) is 7.81. The average Bonchev–Trinajstić information content (AvgIpc) is 2.88. The second-order valence-electron chi connectivity index (χ2n) is 7.03. The largest absolute Gasteiger partial charge is 0.312 e. The minimum atomic E-state index is 0.180. The van der Waals surface area contributed by atoms with E-state index < -0.39 is 0 Å². The normalized spacial score (nSPS) is 13.3. The highest BCUT2D eigenvalue weighted by atomic mass is 32.1. The molecule has 1 atom stereocenters. The minimum Gasteiger partial charge on any atom is -0.312 e. The van der Waals surface area contributed by atoms with Gasteiger partial charge in [0, 0.05) is 5.54 Å². The molecule has 0 spiro atoms. The fourth-order valence-corrected chi connectivity index (χ4v) is 3.26. The summed E-state index contributed by atoms with van der Waals surface area (Å²) in [6.45, 7) is 9.95. The van der Waals surface area contributed by atoms with Gasteiger partial charge in [0.05, 0.1) is 0 Å². The van der Waals surface area contributed by atoms with Gasteiger partial charge in [-0.2, -0.15) is 11.3 Å². The van der Waals surface area contributed by atoms with Crippen LogP contribution >= 0.6 is 11.3 Å². The predicted octanol–water partition coefficient (Wildman–Crippen LogP) is 4.85. The zero-order chi connectivity index (χ0) is 15.3. The van der Waals surface area contributed by atoms with Gasteiger partial charge < -0.3 is 5.32 Å². The molecule has 0 saturated carbocycles. The standard InChI is InChI=1S/C19H27NS/c1-15-6-5-7-16(10-15)11-18(13-20-19(2,3)4)12-17-8-9-21-14-17/h5-10,14,18,20H,11-13H2,1-4H3. The lowest BCUT2D eigenvalue weighted by Crippen LogP contribution is -2.40. The molecule has 2 heteroatoms. The van der Waals surface area contributed by atoms with Crippen LogP contribution in [-0.4, -0.2) is 12.1 Å². The van der Waals surface area contributed by atoms with Gasteiger partial charge in [0.25, 0.3) is 0 Å². The summed E-state index contributed by atoms with van der Waals surface area (Å²) in [5.74, 6) is 0.639. The van der Waals surface area contributed by atoms with Crippen molar-refractivity contribution in [2.45, 2.75) is 46.1 Å². The van der Waals surface area contributed by atoms with E-state index in [1.54, 1.807) is 11.3 Å². The molecule has 1 unspecified atom stereocenters. The van der Waals surface area contributed by atoms with E-state index in [2.05, 4.69) is 74.1 Å². The maximum Gasteiger partial charge on any atom is 0.00966 e. The molecule has 1 N–H and O–H groups in total. The summed E-state index contributed by atoms with van der Waals surface area (Å²) in [5.41, 5.74) is 4.45. The molecule has 2 rings (SSSR count). The number of hydrogen-bond acceptors (Lipinski definition) is 2. The molecule has 1 aromatic carbocycles. The number of nitrogens with one attached hydrogen (secondary N) is 1. The Morgan fingerprint density at radius 2 is 1.86 bits per heavy atom. The average molecular weight is 301 g/mol. The van der Waals surface area contributed by atoms with E-state index in [0.29, 0.717) is 5.92 Å². The summed E-state index contributed by atoms with van der Waals surface area (Å²) < 4.78 is 0. The summed E-state index contributed by atoms with van der Waals surface area (Å²) in [6.07, 6.45) is 2.29. The van der Waals surface area contributed by atoms with E-state index in [0.717, 1.165) is 19.4 Å². The Morgan fingerprint density at radius 3 is 2.48 bits per heavy atom. The summed E-state index contributed by atoms with van der Waals surface area (Å²) in [7, 11) is 0. The Bertz CT molecular complexity index is 537. The van der Waals surface area contributed by atoms with Crippen molar-refractivity contribution >= 4 is 11.3 Å². The summed E-state index contributed by atoms with van der Waals surface area (Å²) in [6, 6.07) is 11.2. The maximum atomic E-state index is 3.67. The Morgan fingerprint density at radius 1 is 1.10 bits per heavy atom. The van der Waals surface area contributed by atoms with E-state index in [-0.39, 0.29) is 5.54 Å². The molecule has 1 heterocycles. The fraction of sp³-hybridized carbons (Fsp3) is 0.474. The van der Waals surface area contributed by atoms with Gasteiger partial charge in [0.2, 0.25) is 0 Å². The van der Waals surface area contributed by atoms with Gasteiger partial charge in [0.1, 0.15) is 0 Å². The third kappa shape index (κ3) is 6.03. The smallest absolute Gasteiger partial charge is 0.00966 e. The Kier molecular flexibility index (Phi) is 5.60. The first-order valence-corrected chi connectivity index (χ1v) is 8.68.